The second kappa shape index (κ2) is 10.3. The van der Waals surface area contributed by atoms with E-state index in [0.717, 1.165) is 4.90 Å². The Bertz CT molecular complexity index is 1070. The molecule has 0 aliphatic rings. The zero-order valence-corrected chi connectivity index (χ0v) is 16.6. The first kappa shape index (κ1) is 22.0. The minimum Gasteiger partial charge on any atom is -0.489 e. The number of amides is 1. The van der Waals surface area contributed by atoms with Crippen molar-refractivity contribution in [2.75, 3.05) is 13.1 Å². The lowest BCUT2D eigenvalue weighted by atomic mass is 10.1. The van der Waals surface area contributed by atoms with Crippen LogP contribution in [0.1, 0.15) is 21.5 Å². The molecule has 1 amide bonds. The maximum absolute atomic E-state index is 13.9. The molecule has 3 aromatic rings. The minimum atomic E-state index is -1.17. The molecule has 0 aromatic heterocycles. The molecule has 5 nitrogen and oxygen atoms in total. The van der Waals surface area contributed by atoms with Crippen LogP contribution in [0.2, 0.25) is 0 Å². The van der Waals surface area contributed by atoms with Crippen LogP contribution < -0.4 is 4.74 Å². The molecule has 0 bridgehead atoms. The van der Waals surface area contributed by atoms with Gasteiger partial charge in [0.25, 0.3) is 5.91 Å². The molecule has 0 aliphatic carbocycles. The molecule has 1 N–H and O–H groups in total. The maximum atomic E-state index is 13.9. The molecule has 31 heavy (non-hydrogen) atoms. The zero-order valence-electron chi connectivity index (χ0n) is 16.6. The summed E-state index contributed by atoms with van der Waals surface area (Å²) >= 11 is 0. The molecule has 0 saturated carbocycles. The average Bonchev–Trinajstić information content (AvgIpc) is 2.76. The van der Waals surface area contributed by atoms with Crippen molar-refractivity contribution in [2.24, 2.45) is 0 Å². The molecule has 0 atom stereocenters. The normalized spacial score (nSPS) is 10.5. The lowest BCUT2D eigenvalue weighted by molar-refractivity contribution is -0.137. The number of hydrogen-bond acceptors (Lipinski definition) is 3. The van der Waals surface area contributed by atoms with Crippen LogP contribution >= 0.6 is 0 Å². The Balaban J connectivity index is 1.70. The summed E-state index contributed by atoms with van der Waals surface area (Å²) in [4.78, 5) is 25.3. The van der Waals surface area contributed by atoms with Crippen LogP contribution in [-0.4, -0.2) is 35.0 Å². The second-order valence-electron chi connectivity index (χ2n) is 6.91. The third-order valence-electron chi connectivity index (χ3n) is 4.60. The third-order valence-corrected chi connectivity index (χ3v) is 4.60. The largest absolute Gasteiger partial charge is 0.489 e. The highest BCUT2D eigenvalue weighted by molar-refractivity contribution is 5.96. The number of carbonyl (C=O) groups is 2. The fraction of sp³-hybridized carbons (Fsp3) is 0.167. The van der Waals surface area contributed by atoms with Gasteiger partial charge in [-0.15, -0.1) is 0 Å². The first-order valence-corrected chi connectivity index (χ1v) is 9.64. The summed E-state index contributed by atoms with van der Waals surface area (Å²) in [6.07, 6.45) is 0.182. The number of aliphatic carboxylic acids is 1. The number of carbonyl (C=O) groups excluding carboxylic acids is 1. The lowest BCUT2D eigenvalue weighted by Gasteiger charge is -2.21. The smallest absolute Gasteiger partial charge is 0.323 e. The van der Waals surface area contributed by atoms with Gasteiger partial charge < -0.3 is 14.7 Å². The quantitative estimate of drug-likeness (QED) is 0.555. The number of halogens is 2. The fourth-order valence-corrected chi connectivity index (χ4v) is 3.07. The van der Waals surface area contributed by atoms with Crippen molar-refractivity contribution in [3.63, 3.8) is 0 Å². The van der Waals surface area contributed by atoms with Crippen LogP contribution in [0.15, 0.2) is 72.8 Å². The molecule has 3 rings (SSSR count). The number of carboxylic acid groups (broad SMARTS) is 1. The van der Waals surface area contributed by atoms with E-state index >= 15 is 0 Å². The molecule has 0 saturated heterocycles. The topological polar surface area (TPSA) is 66.8 Å². The molecule has 3 aromatic carbocycles. The molecule has 0 heterocycles. The standard InChI is InChI=1S/C24H21F2NO4/c25-20-8-3-5-17(13-20)16-31-21-9-4-7-19(14-21)24(30)27(15-23(28)29)12-11-18-6-1-2-10-22(18)26/h1-10,13-14H,11-12,15-16H2,(H,28,29). The minimum absolute atomic E-state index is 0.0421. The Morgan fingerprint density at radius 3 is 2.45 bits per heavy atom. The van der Waals surface area contributed by atoms with E-state index in [1.165, 1.54) is 24.3 Å². The van der Waals surface area contributed by atoms with Crippen molar-refractivity contribution < 1.29 is 28.2 Å². The summed E-state index contributed by atoms with van der Waals surface area (Å²) < 4.78 is 32.8. The van der Waals surface area contributed by atoms with Crippen molar-refractivity contribution in [3.8, 4) is 5.75 Å². The first-order valence-electron chi connectivity index (χ1n) is 9.64. The molecular weight excluding hydrogens is 404 g/mol. The first-order chi connectivity index (χ1) is 14.9. The van der Waals surface area contributed by atoms with Crippen LogP contribution in [0, 0.1) is 11.6 Å². The highest BCUT2D eigenvalue weighted by Crippen LogP contribution is 2.18. The van der Waals surface area contributed by atoms with E-state index in [2.05, 4.69) is 0 Å². The summed E-state index contributed by atoms with van der Waals surface area (Å²) in [5, 5.41) is 9.20. The van der Waals surface area contributed by atoms with Crippen molar-refractivity contribution in [1.82, 2.24) is 4.90 Å². The molecule has 0 spiro atoms. The summed E-state index contributed by atoms with van der Waals surface area (Å²) in [5.41, 5.74) is 1.28. The highest BCUT2D eigenvalue weighted by atomic mass is 19.1. The van der Waals surface area contributed by atoms with E-state index in [-0.39, 0.29) is 31.0 Å². The van der Waals surface area contributed by atoms with Gasteiger partial charge >= 0.3 is 5.97 Å². The molecule has 160 valence electrons. The van der Waals surface area contributed by atoms with Gasteiger partial charge in [0.2, 0.25) is 0 Å². The average molecular weight is 425 g/mol. The Labute approximate surface area is 178 Å². The van der Waals surface area contributed by atoms with E-state index in [1.807, 2.05) is 0 Å². The molecular formula is C24H21F2NO4. The van der Waals surface area contributed by atoms with Gasteiger partial charge in [0.05, 0.1) is 0 Å². The Hall–Kier alpha value is -3.74. The van der Waals surface area contributed by atoms with Gasteiger partial charge in [-0.3, -0.25) is 9.59 Å². The zero-order chi connectivity index (χ0) is 22.2. The number of ether oxygens (including phenoxy) is 1. The number of carboxylic acids is 1. The Morgan fingerprint density at radius 1 is 0.935 bits per heavy atom. The maximum Gasteiger partial charge on any atom is 0.323 e. The summed E-state index contributed by atoms with van der Waals surface area (Å²) in [5.74, 6) is -2.06. The highest BCUT2D eigenvalue weighted by Gasteiger charge is 2.19. The van der Waals surface area contributed by atoms with Crippen molar-refractivity contribution in [2.45, 2.75) is 13.0 Å². The summed E-state index contributed by atoms with van der Waals surface area (Å²) in [6.45, 7) is -0.358. The van der Waals surface area contributed by atoms with Crippen molar-refractivity contribution >= 4 is 11.9 Å². The predicted molar refractivity (Wildman–Crippen MR) is 111 cm³/mol. The van der Waals surface area contributed by atoms with Crippen molar-refractivity contribution in [3.05, 3.63) is 101 Å². The van der Waals surface area contributed by atoms with E-state index < -0.39 is 24.2 Å². The number of nitrogens with zero attached hydrogens (tertiary/aromatic N) is 1. The van der Waals surface area contributed by atoms with Crippen LogP contribution in [-0.2, 0) is 17.8 Å². The lowest BCUT2D eigenvalue weighted by Crippen LogP contribution is -2.37. The second-order valence-corrected chi connectivity index (χ2v) is 6.91. The van der Waals surface area contributed by atoms with Crippen molar-refractivity contribution in [1.29, 1.82) is 0 Å². The number of rotatable bonds is 9. The summed E-state index contributed by atoms with van der Waals surface area (Å²) in [7, 11) is 0. The van der Waals surface area contributed by atoms with Gasteiger partial charge in [0.1, 0.15) is 30.5 Å². The van der Waals surface area contributed by atoms with Gasteiger partial charge in [0.15, 0.2) is 0 Å². The molecule has 7 heteroatoms. The van der Waals surface area contributed by atoms with Crippen LogP contribution in [0.4, 0.5) is 8.78 Å². The van der Waals surface area contributed by atoms with E-state index in [1.54, 1.807) is 48.5 Å². The summed E-state index contributed by atoms with van der Waals surface area (Å²) in [6, 6.07) is 18.5. The van der Waals surface area contributed by atoms with Gasteiger partial charge in [0, 0.05) is 12.1 Å². The third kappa shape index (κ3) is 6.37. The number of hydrogen-bond donors (Lipinski definition) is 1. The van der Waals surface area contributed by atoms with Crippen LogP contribution in [0.25, 0.3) is 0 Å². The van der Waals surface area contributed by atoms with Gasteiger partial charge in [-0.25, -0.2) is 8.78 Å². The SMILES string of the molecule is O=C(O)CN(CCc1ccccc1F)C(=O)c1cccc(OCc2cccc(F)c2)c1. The fourth-order valence-electron chi connectivity index (χ4n) is 3.07. The molecule has 0 radical (unpaired) electrons. The monoisotopic (exact) mass is 425 g/mol. The molecule has 0 unspecified atom stereocenters. The van der Waals surface area contributed by atoms with E-state index in [9.17, 15) is 23.5 Å². The van der Waals surface area contributed by atoms with Crippen LogP contribution in [0.5, 0.6) is 5.75 Å². The van der Waals surface area contributed by atoms with Gasteiger partial charge in [-0.2, -0.15) is 0 Å². The molecule has 0 aliphatic heterocycles. The Kier molecular flexibility index (Phi) is 7.32. The number of benzene rings is 3. The van der Waals surface area contributed by atoms with Gasteiger partial charge in [-0.1, -0.05) is 36.4 Å². The Morgan fingerprint density at radius 2 is 1.71 bits per heavy atom. The van der Waals surface area contributed by atoms with Gasteiger partial charge in [-0.05, 0) is 53.9 Å². The van der Waals surface area contributed by atoms with E-state index in [0.29, 0.717) is 16.9 Å². The van der Waals surface area contributed by atoms with Crippen LogP contribution in [0.3, 0.4) is 0 Å². The predicted octanol–water partition coefficient (Wildman–Crippen LogP) is 4.31. The molecule has 0 fully saturated rings. The van der Waals surface area contributed by atoms with E-state index in [4.69, 9.17) is 4.74 Å².